The van der Waals surface area contributed by atoms with E-state index in [9.17, 15) is 28.8 Å². The van der Waals surface area contributed by atoms with Gasteiger partial charge in [-0.25, -0.2) is 4.99 Å². The molecule has 0 aromatic heterocycles. The Bertz CT molecular complexity index is 1320. The summed E-state index contributed by atoms with van der Waals surface area (Å²) in [5.74, 6) is -5.91. The van der Waals surface area contributed by atoms with Crippen LogP contribution in [0.15, 0.2) is 4.99 Å². The van der Waals surface area contributed by atoms with Crippen molar-refractivity contribution < 1.29 is 71.4 Å². The molecule has 1 N–H and O–H groups in total. The van der Waals surface area contributed by atoms with Crippen molar-refractivity contribution in [1.82, 2.24) is 5.32 Å². The minimum Gasteiger partial charge on any atom is -0.463 e. The van der Waals surface area contributed by atoms with Gasteiger partial charge in [0.15, 0.2) is 30.6 Å². The third-order valence-electron chi connectivity index (χ3n) is 6.65. The highest BCUT2D eigenvalue weighted by Gasteiger charge is 2.59. The lowest BCUT2D eigenvalue weighted by atomic mass is 9.94. The monoisotopic (exact) mass is 820 g/mol. The molecular weight excluding hydrogens is 793 g/mol. The quantitative estimate of drug-likeness (QED) is 0.189. The molecule has 0 aromatic rings. The van der Waals surface area contributed by atoms with Crippen LogP contribution in [0.3, 0.4) is 0 Å². The van der Waals surface area contributed by atoms with Crippen LogP contribution < -0.4 is 5.32 Å². The molecular formula is C26H30Cl6N2O15. The summed E-state index contributed by atoms with van der Waals surface area (Å²) >= 11 is 35.4. The highest BCUT2D eigenvalue weighted by atomic mass is 35.6. The summed E-state index contributed by atoms with van der Waals surface area (Å²) in [6.45, 7) is 4.13. The SMILES string of the molecule is CC(=O)OC[C@H]1O[C@@H]2OC(C(Cl)(Cl)Cl)=N[C@@H]2[C@H](OC(C)=O)[C@@H]1O[C@@H]1O[C@H](COC(C)=O)[C@@H](OC(C)=O)[C@@H](OC(C)=O)[C@H]1NC(=O)C(Cl)(Cl)Cl. The Kier molecular flexibility index (Phi) is 14.3. The Hall–Kier alpha value is -2.09. The van der Waals surface area contributed by atoms with Crippen molar-refractivity contribution in [2.24, 2.45) is 4.99 Å². The number of hydrogen-bond donors (Lipinski definition) is 1. The lowest BCUT2D eigenvalue weighted by molar-refractivity contribution is -0.324. The Morgan fingerprint density at radius 1 is 0.694 bits per heavy atom. The van der Waals surface area contributed by atoms with E-state index in [0.29, 0.717) is 0 Å². The number of rotatable bonds is 10. The number of alkyl halides is 6. The Balaban J connectivity index is 2.18. The van der Waals surface area contributed by atoms with E-state index < -0.39 is 124 Å². The largest absolute Gasteiger partial charge is 0.463 e. The zero-order valence-electron chi connectivity index (χ0n) is 26.0. The van der Waals surface area contributed by atoms with Crippen LogP contribution in [-0.2, 0) is 71.4 Å². The normalized spacial score (nSPS) is 31.2. The predicted molar refractivity (Wildman–Crippen MR) is 167 cm³/mol. The number of nitrogens with one attached hydrogen (secondary N) is 1. The van der Waals surface area contributed by atoms with Gasteiger partial charge in [-0.2, -0.15) is 0 Å². The van der Waals surface area contributed by atoms with Crippen LogP contribution in [0.4, 0.5) is 0 Å². The average Bonchev–Trinajstić information content (AvgIpc) is 3.38. The van der Waals surface area contributed by atoms with Gasteiger partial charge < -0.3 is 47.9 Å². The first-order chi connectivity index (χ1) is 22.6. The molecule has 3 heterocycles. The van der Waals surface area contributed by atoms with E-state index in [1.54, 1.807) is 0 Å². The molecule has 0 unspecified atom stereocenters. The van der Waals surface area contributed by atoms with E-state index in [4.69, 9.17) is 112 Å². The third-order valence-corrected chi connectivity index (χ3v) is 7.65. The van der Waals surface area contributed by atoms with Crippen molar-refractivity contribution in [1.29, 1.82) is 0 Å². The highest BCUT2D eigenvalue weighted by Crippen LogP contribution is 2.40. The van der Waals surface area contributed by atoms with Gasteiger partial charge in [0.25, 0.3) is 13.5 Å². The van der Waals surface area contributed by atoms with Gasteiger partial charge in [-0.15, -0.1) is 0 Å². The molecule has 2 fully saturated rings. The van der Waals surface area contributed by atoms with Crippen molar-refractivity contribution in [2.75, 3.05) is 13.2 Å². The minimum atomic E-state index is -2.60. The van der Waals surface area contributed by atoms with Gasteiger partial charge in [0, 0.05) is 34.6 Å². The fourth-order valence-electron chi connectivity index (χ4n) is 4.93. The van der Waals surface area contributed by atoms with Gasteiger partial charge in [-0.05, 0) is 0 Å². The summed E-state index contributed by atoms with van der Waals surface area (Å²) in [7, 11) is 0. The van der Waals surface area contributed by atoms with Crippen molar-refractivity contribution in [3.8, 4) is 0 Å². The number of carbonyl (C=O) groups is 6. The zero-order valence-corrected chi connectivity index (χ0v) is 30.6. The average molecular weight is 823 g/mol. The molecule has 10 atom stereocenters. The first kappa shape index (κ1) is 41.3. The molecule has 0 aromatic carbocycles. The number of ether oxygens (including phenoxy) is 9. The summed E-state index contributed by atoms with van der Waals surface area (Å²) < 4.78 is 45.8. The molecule has 0 aliphatic carbocycles. The van der Waals surface area contributed by atoms with Crippen LogP contribution in [0.5, 0.6) is 0 Å². The van der Waals surface area contributed by atoms with Crippen LogP contribution in [0, 0.1) is 0 Å². The maximum absolute atomic E-state index is 13.0. The fourth-order valence-corrected chi connectivity index (χ4v) is 5.37. The van der Waals surface area contributed by atoms with Crippen molar-refractivity contribution in [3.05, 3.63) is 0 Å². The molecule has 0 bridgehead atoms. The van der Waals surface area contributed by atoms with E-state index in [2.05, 4.69) is 10.3 Å². The molecule has 49 heavy (non-hydrogen) atoms. The van der Waals surface area contributed by atoms with Crippen LogP contribution in [0.2, 0.25) is 0 Å². The summed E-state index contributed by atoms with van der Waals surface area (Å²) in [5, 5.41) is 2.34. The number of hydrogen-bond acceptors (Lipinski definition) is 16. The molecule has 0 spiro atoms. The predicted octanol–water partition coefficient (Wildman–Crippen LogP) is 1.77. The van der Waals surface area contributed by atoms with Gasteiger partial charge in [0.2, 0.25) is 12.2 Å². The van der Waals surface area contributed by atoms with E-state index >= 15 is 0 Å². The smallest absolute Gasteiger partial charge is 0.303 e. The molecule has 23 heteroatoms. The number of esters is 5. The maximum atomic E-state index is 13.0. The molecule has 0 saturated carbocycles. The van der Waals surface area contributed by atoms with Crippen LogP contribution >= 0.6 is 69.6 Å². The van der Waals surface area contributed by atoms with E-state index in [0.717, 1.165) is 34.6 Å². The second kappa shape index (κ2) is 17.0. The van der Waals surface area contributed by atoms with Gasteiger partial charge in [-0.1, -0.05) is 69.6 Å². The van der Waals surface area contributed by atoms with Crippen LogP contribution in [0.25, 0.3) is 0 Å². The maximum Gasteiger partial charge on any atom is 0.303 e. The molecule has 3 rings (SSSR count). The third kappa shape index (κ3) is 11.5. The molecule has 276 valence electrons. The number of amides is 1. The lowest BCUT2D eigenvalue weighted by Gasteiger charge is -2.48. The van der Waals surface area contributed by atoms with Crippen molar-refractivity contribution in [2.45, 2.75) is 103 Å². The summed E-state index contributed by atoms with van der Waals surface area (Å²) in [6.07, 6.45) is -12.2. The van der Waals surface area contributed by atoms with E-state index in [-0.39, 0.29) is 0 Å². The van der Waals surface area contributed by atoms with Gasteiger partial charge >= 0.3 is 29.8 Å². The molecule has 3 aliphatic rings. The summed E-state index contributed by atoms with van der Waals surface area (Å²) in [4.78, 5) is 77.7. The fraction of sp³-hybridized carbons (Fsp3) is 0.731. The number of fused-ring (bicyclic) bond motifs is 1. The second-order valence-corrected chi connectivity index (χ2v) is 15.1. The lowest BCUT2D eigenvalue weighted by Crippen LogP contribution is -2.69. The molecule has 3 aliphatic heterocycles. The Labute approximate surface area is 308 Å². The number of aliphatic imine (C=N–C) groups is 1. The molecule has 0 radical (unpaired) electrons. The number of carbonyl (C=O) groups excluding carboxylic acids is 6. The van der Waals surface area contributed by atoms with E-state index in [1.807, 2.05) is 0 Å². The highest BCUT2D eigenvalue weighted by molar-refractivity contribution is 6.76. The molecule has 17 nitrogen and oxygen atoms in total. The second-order valence-electron chi connectivity index (χ2n) is 10.6. The first-order valence-electron chi connectivity index (χ1n) is 14.0. The standard InChI is InChI=1S/C26H30Cl6N2O15/c1-8(35)41-6-13-17(43-10(3)37)19(44-11(4)38)15(33-23(40)25(27,28)29)21(46-13)48-18-14(7-42-9(2)36)47-22-16(20(18)45-12(5)39)34-24(49-22)26(30,31)32/h13-22H,6-7H2,1-5H3,(H,33,40)/t13-,14-,15-,16-,17-,18-,19+,20+,21+,22-/m1/s1. The first-order valence-corrected chi connectivity index (χ1v) is 16.3. The number of halogens is 6. The van der Waals surface area contributed by atoms with Gasteiger partial charge in [0.05, 0.1) is 0 Å². The molecule has 1 amide bonds. The van der Waals surface area contributed by atoms with Crippen molar-refractivity contribution in [3.63, 3.8) is 0 Å². The van der Waals surface area contributed by atoms with Crippen molar-refractivity contribution >= 4 is 111 Å². The van der Waals surface area contributed by atoms with Gasteiger partial charge in [0.1, 0.15) is 37.6 Å². The topological polar surface area (TPSA) is 210 Å². The zero-order chi connectivity index (χ0) is 37.0. The van der Waals surface area contributed by atoms with Crippen LogP contribution in [-0.4, -0.2) is 124 Å². The Morgan fingerprint density at radius 3 is 1.65 bits per heavy atom. The summed E-state index contributed by atoms with van der Waals surface area (Å²) in [5.41, 5.74) is 0. The minimum absolute atomic E-state index is 0.432. The van der Waals surface area contributed by atoms with E-state index in [1.165, 1.54) is 0 Å². The summed E-state index contributed by atoms with van der Waals surface area (Å²) in [6, 6.07) is -2.95. The Morgan fingerprint density at radius 2 is 1.18 bits per heavy atom. The number of nitrogens with zero attached hydrogens (tertiary/aromatic N) is 1. The van der Waals surface area contributed by atoms with Crippen LogP contribution in [0.1, 0.15) is 34.6 Å². The molecule has 2 saturated heterocycles. The van der Waals surface area contributed by atoms with Gasteiger partial charge in [-0.3, -0.25) is 28.8 Å².